The quantitative estimate of drug-likeness (QED) is 0.795. The van der Waals surface area contributed by atoms with Gasteiger partial charge in [0.1, 0.15) is 5.01 Å². The summed E-state index contributed by atoms with van der Waals surface area (Å²) < 4.78 is 0. The number of hydrogen-bond donors (Lipinski definition) is 0. The average molecular weight is 272 g/mol. The molecule has 0 bridgehead atoms. The summed E-state index contributed by atoms with van der Waals surface area (Å²) in [7, 11) is 0. The Bertz CT molecular complexity index is 658. The summed E-state index contributed by atoms with van der Waals surface area (Å²) in [6.45, 7) is 6.30. The molecule has 3 rings (SSSR count). The summed E-state index contributed by atoms with van der Waals surface area (Å²) in [5, 5.41) is 0.918. The second-order valence-corrected chi connectivity index (χ2v) is 6.93. The van der Waals surface area contributed by atoms with Gasteiger partial charge in [0, 0.05) is 24.4 Å². The van der Waals surface area contributed by atoms with Gasteiger partial charge in [0.05, 0.1) is 10.6 Å². The van der Waals surface area contributed by atoms with Crippen molar-refractivity contribution >= 4 is 17.1 Å². The number of carbonyl (C=O) groups is 1. The SMILES string of the molecule is Cc1ccncc1-c1nc2c(s1)C(=O)CC(C)(C)C2. The lowest BCUT2D eigenvalue weighted by Crippen LogP contribution is -2.25. The molecular weight excluding hydrogens is 256 g/mol. The van der Waals surface area contributed by atoms with Gasteiger partial charge in [-0.25, -0.2) is 4.98 Å². The third-order valence-corrected chi connectivity index (χ3v) is 4.68. The number of nitrogens with zero attached hydrogens (tertiary/aromatic N) is 2. The van der Waals surface area contributed by atoms with E-state index in [1.165, 1.54) is 11.3 Å². The lowest BCUT2D eigenvalue weighted by molar-refractivity contribution is 0.0916. The predicted molar refractivity (Wildman–Crippen MR) is 76.5 cm³/mol. The first-order chi connectivity index (χ1) is 8.96. The third-order valence-electron chi connectivity index (χ3n) is 3.51. The third kappa shape index (κ3) is 2.21. The number of fused-ring (bicyclic) bond motifs is 1. The average Bonchev–Trinajstić information content (AvgIpc) is 2.71. The molecule has 0 unspecified atom stereocenters. The first kappa shape index (κ1) is 12.5. The van der Waals surface area contributed by atoms with Crippen molar-refractivity contribution in [1.29, 1.82) is 0 Å². The zero-order chi connectivity index (χ0) is 13.6. The zero-order valence-electron chi connectivity index (χ0n) is 11.4. The molecule has 3 nitrogen and oxygen atoms in total. The Labute approximate surface area is 116 Å². The zero-order valence-corrected chi connectivity index (χ0v) is 12.2. The smallest absolute Gasteiger partial charge is 0.175 e. The Kier molecular flexibility index (Phi) is 2.78. The Morgan fingerprint density at radius 3 is 2.84 bits per heavy atom. The minimum Gasteiger partial charge on any atom is -0.293 e. The maximum Gasteiger partial charge on any atom is 0.175 e. The Morgan fingerprint density at radius 2 is 2.11 bits per heavy atom. The highest BCUT2D eigenvalue weighted by Gasteiger charge is 2.34. The van der Waals surface area contributed by atoms with Crippen LogP contribution in [0.5, 0.6) is 0 Å². The van der Waals surface area contributed by atoms with Gasteiger partial charge >= 0.3 is 0 Å². The number of carbonyl (C=O) groups excluding carboxylic acids is 1. The van der Waals surface area contributed by atoms with E-state index in [-0.39, 0.29) is 11.2 Å². The Hall–Kier alpha value is -1.55. The molecule has 0 radical (unpaired) electrons. The van der Waals surface area contributed by atoms with E-state index in [4.69, 9.17) is 0 Å². The molecule has 0 N–H and O–H groups in total. The lowest BCUT2D eigenvalue weighted by atomic mass is 9.78. The molecule has 0 aromatic carbocycles. The number of thiazole rings is 1. The van der Waals surface area contributed by atoms with Crippen LogP contribution in [0.25, 0.3) is 10.6 Å². The van der Waals surface area contributed by atoms with Crippen molar-refractivity contribution in [2.75, 3.05) is 0 Å². The van der Waals surface area contributed by atoms with Crippen molar-refractivity contribution in [2.45, 2.75) is 33.6 Å². The Morgan fingerprint density at radius 1 is 1.32 bits per heavy atom. The van der Waals surface area contributed by atoms with E-state index >= 15 is 0 Å². The van der Waals surface area contributed by atoms with Gasteiger partial charge in [-0.3, -0.25) is 9.78 Å². The van der Waals surface area contributed by atoms with Crippen LogP contribution < -0.4 is 0 Å². The summed E-state index contributed by atoms with van der Waals surface area (Å²) in [6.07, 6.45) is 5.10. The van der Waals surface area contributed by atoms with Gasteiger partial charge in [-0.05, 0) is 30.4 Å². The van der Waals surface area contributed by atoms with Crippen LogP contribution in [0.1, 0.15) is 41.2 Å². The molecule has 1 aliphatic carbocycles. The van der Waals surface area contributed by atoms with Crippen LogP contribution in [0.2, 0.25) is 0 Å². The first-order valence-electron chi connectivity index (χ1n) is 6.40. The van der Waals surface area contributed by atoms with Crippen LogP contribution in [0.4, 0.5) is 0 Å². The highest BCUT2D eigenvalue weighted by atomic mass is 32.1. The van der Waals surface area contributed by atoms with Gasteiger partial charge in [0.25, 0.3) is 0 Å². The highest BCUT2D eigenvalue weighted by Crippen LogP contribution is 2.39. The molecule has 0 spiro atoms. The predicted octanol–water partition coefficient (Wildman–Crippen LogP) is 3.67. The van der Waals surface area contributed by atoms with Crippen molar-refractivity contribution in [1.82, 2.24) is 9.97 Å². The maximum atomic E-state index is 12.2. The fourth-order valence-corrected chi connectivity index (χ4v) is 3.62. The van der Waals surface area contributed by atoms with Crippen molar-refractivity contribution in [3.63, 3.8) is 0 Å². The summed E-state index contributed by atoms with van der Waals surface area (Å²) >= 11 is 1.51. The fraction of sp³-hybridized carbons (Fsp3) is 0.400. The van der Waals surface area contributed by atoms with Crippen LogP contribution in [0, 0.1) is 12.3 Å². The van der Waals surface area contributed by atoms with E-state index in [1.54, 1.807) is 6.20 Å². The number of aromatic nitrogens is 2. The summed E-state index contributed by atoms with van der Waals surface area (Å²) in [4.78, 5) is 21.9. The van der Waals surface area contributed by atoms with Gasteiger partial charge in [-0.1, -0.05) is 13.8 Å². The highest BCUT2D eigenvalue weighted by molar-refractivity contribution is 7.17. The second kappa shape index (κ2) is 4.23. The van der Waals surface area contributed by atoms with E-state index in [0.717, 1.165) is 33.1 Å². The minimum atomic E-state index is 0.0272. The number of aryl methyl sites for hydroxylation is 1. The van der Waals surface area contributed by atoms with Crippen molar-refractivity contribution < 1.29 is 4.79 Å². The molecule has 19 heavy (non-hydrogen) atoms. The van der Waals surface area contributed by atoms with E-state index in [0.29, 0.717) is 6.42 Å². The molecule has 4 heteroatoms. The Balaban J connectivity index is 2.09. The first-order valence-corrected chi connectivity index (χ1v) is 7.22. The van der Waals surface area contributed by atoms with Crippen LogP contribution in [-0.4, -0.2) is 15.8 Å². The number of ketones is 1. The number of hydrogen-bond acceptors (Lipinski definition) is 4. The molecule has 0 aliphatic heterocycles. The van der Waals surface area contributed by atoms with Gasteiger partial charge in [0.15, 0.2) is 5.78 Å². The number of rotatable bonds is 1. The summed E-state index contributed by atoms with van der Waals surface area (Å²) in [6, 6.07) is 1.97. The molecular formula is C15H16N2OS. The normalized spacial score (nSPS) is 17.3. The summed E-state index contributed by atoms with van der Waals surface area (Å²) in [5.74, 6) is 0.233. The number of Topliss-reactive ketones (excluding diaryl/α,β-unsaturated/α-hetero) is 1. The van der Waals surface area contributed by atoms with Crippen LogP contribution >= 0.6 is 11.3 Å². The lowest BCUT2D eigenvalue weighted by Gasteiger charge is -2.26. The van der Waals surface area contributed by atoms with Crippen molar-refractivity contribution in [3.05, 3.63) is 34.6 Å². The van der Waals surface area contributed by atoms with Crippen LogP contribution in [0.15, 0.2) is 18.5 Å². The summed E-state index contributed by atoms with van der Waals surface area (Å²) in [5.41, 5.74) is 3.17. The van der Waals surface area contributed by atoms with Gasteiger partial charge < -0.3 is 0 Å². The number of pyridine rings is 1. The second-order valence-electron chi connectivity index (χ2n) is 5.93. The molecule has 2 aromatic heterocycles. The maximum absolute atomic E-state index is 12.2. The van der Waals surface area contributed by atoms with Crippen molar-refractivity contribution in [3.8, 4) is 10.6 Å². The largest absolute Gasteiger partial charge is 0.293 e. The van der Waals surface area contributed by atoms with E-state index < -0.39 is 0 Å². The van der Waals surface area contributed by atoms with Gasteiger partial charge in [-0.15, -0.1) is 11.3 Å². The molecule has 0 saturated carbocycles. The van der Waals surface area contributed by atoms with E-state index in [1.807, 2.05) is 19.2 Å². The molecule has 0 amide bonds. The molecule has 98 valence electrons. The van der Waals surface area contributed by atoms with Gasteiger partial charge in [0.2, 0.25) is 0 Å². The van der Waals surface area contributed by atoms with Crippen LogP contribution in [0.3, 0.4) is 0 Å². The standard InChI is InChI=1S/C15H16N2OS/c1-9-4-5-16-8-10(9)14-17-11-6-15(2,3)7-12(18)13(11)19-14/h4-5,8H,6-7H2,1-3H3. The molecule has 0 saturated heterocycles. The minimum absolute atomic E-state index is 0.0272. The van der Waals surface area contributed by atoms with E-state index in [2.05, 4.69) is 23.8 Å². The fourth-order valence-electron chi connectivity index (χ4n) is 2.52. The molecule has 0 fully saturated rings. The molecule has 0 atom stereocenters. The van der Waals surface area contributed by atoms with E-state index in [9.17, 15) is 4.79 Å². The molecule has 2 aromatic rings. The molecule has 1 aliphatic rings. The van der Waals surface area contributed by atoms with Gasteiger partial charge in [-0.2, -0.15) is 0 Å². The van der Waals surface area contributed by atoms with Crippen LogP contribution in [-0.2, 0) is 6.42 Å². The molecule has 2 heterocycles. The topological polar surface area (TPSA) is 42.9 Å². The monoisotopic (exact) mass is 272 g/mol. The van der Waals surface area contributed by atoms with Crippen molar-refractivity contribution in [2.24, 2.45) is 5.41 Å².